The molecule has 0 spiro atoms. The molecule has 0 aromatic heterocycles. The maximum atomic E-state index is 12.3. The minimum Gasteiger partial charge on any atom is -0.297 e. The molecule has 1 aliphatic rings. The molecule has 0 unspecified atom stereocenters. The van der Waals surface area contributed by atoms with Crippen LogP contribution in [0.5, 0.6) is 0 Å². The van der Waals surface area contributed by atoms with E-state index in [0.717, 1.165) is 6.26 Å². The van der Waals surface area contributed by atoms with Crippen LogP contribution in [0.2, 0.25) is 0 Å². The van der Waals surface area contributed by atoms with E-state index in [1.807, 2.05) is 0 Å². The van der Waals surface area contributed by atoms with Crippen molar-refractivity contribution in [2.24, 2.45) is 0 Å². The molecule has 0 atom stereocenters. The number of nitrogens with one attached hydrogen (secondary N) is 1. The molecule has 0 saturated heterocycles. The molecule has 1 saturated carbocycles. The van der Waals surface area contributed by atoms with Crippen LogP contribution in [0.1, 0.15) is 39.5 Å². The average Bonchev–Trinajstić information content (AvgIpc) is 2.30. The summed E-state index contributed by atoms with van der Waals surface area (Å²) in [6.07, 6.45) is 3.30. The largest absolute Gasteiger partial charge is 0.405 e. The predicted molar refractivity (Wildman–Crippen MR) is 76.0 cm³/mol. The molecule has 1 rings (SSSR count). The molecule has 7 nitrogen and oxygen atoms in total. The standard InChI is InChI=1S/C11H24NO6PS/c1-4-16-19(13,17-5-2)12-10-6-8-11(9-7-10)18-20(3,14)15/h10-11H,4-9H2,1-3H3,(H,12,13). The second-order valence-corrected chi connectivity index (χ2v) is 8.11. The molecule has 0 aromatic carbocycles. The average molecular weight is 329 g/mol. The van der Waals surface area contributed by atoms with Crippen LogP contribution < -0.4 is 5.09 Å². The fourth-order valence-electron chi connectivity index (χ4n) is 2.21. The summed E-state index contributed by atoms with van der Waals surface area (Å²) in [4.78, 5) is 0. The van der Waals surface area contributed by atoms with Crippen molar-refractivity contribution >= 4 is 17.9 Å². The highest BCUT2D eigenvalue weighted by Gasteiger charge is 2.31. The second-order valence-electron chi connectivity index (χ2n) is 4.74. The third kappa shape index (κ3) is 6.65. The van der Waals surface area contributed by atoms with Crippen LogP contribution in [0, 0.1) is 0 Å². The Morgan fingerprint density at radius 1 is 1.10 bits per heavy atom. The highest BCUT2D eigenvalue weighted by Crippen LogP contribution is 2.45. The van der Waals surface area contributed by atoms with Crippen LogP contribution in [0.4, 0.5) is 0 Å². The molecule has 0 bridgehead atoms. The Morgan fingerprint density at radius 3 is 2.00 bits per heavy atom. The molecular formula is C11H24NO6PS. The molecular weight excluding hydrogens is 305 g/mol. The fraction of sp³-hybridized carbons (Fsp3) is 1.00. The normalized spacial score (nSPS) is 24.8. The second kappa shape index (κ2) is 7.87. The zero-order valence-corrected chi connectivity index (χ0v) is 13.9. The Hall–Kier alpha value is 0.0200. The van der Waals surface area contributed by atoms with Crippen molar-refractivity contribution in [1.82, 2.24) is 5.09 Å². The molecule has 0 amide bonds. The monoisotopic (exact) mass is 329 g/mol. The van der Waals surface area contributed by atoms with E-state index in [9.17, 15) is 13.0 Å². The highest BCUT2D eigenvalue weighted by molar-refractivity contribution is 7.86. The molecule has 0 heterocycles. The zero-order chi connectivity index (χ0) is 15.2. The third-order valence-electron chi connectivity index (χ3n) is 2.92. The van der Waals surface area contributed by atoms with Crippen molar-refractivity contribution in [3.63, 3.8) is 0 Å². The first-order valence-electron chi connectivity index (χ1n) is 6.83. The van der Waals surface area contributed by atoms with Crippen molar-refractivity contribution in [2.75, 3.05) is 19.5 Å². The molecule has 0 aliphatic heterocycles. The van der Waals surface area contributed by atoms with Gasteiger partial charge in [0.05, 0.1) is 25.6 Å². The van der Waals surface area contributed by atoms with Gasteiger partial charge in [0.15, 0.2) is 0 Å². The Kier molecular flexibility index (Phi) is 7.11. The molecule has 20 heavy (non-hydrogen) atoms. The van der Waals surface area contributed by atoms with E-state index in [-0.39, 0.29) is 12.1 Å². The summed E-state index contributed by atoms with van der Waals surface area (Å²) in [6, 6.07) is -0.0154. The van der Waals surface area contributed by atoms with Gasteiger partial charge in [-0.2, -0.15) is 8.42 Å². The van der Waals surface area contributed by atoms with Crippen LogP contribution in [0.15, 0.2) is 0 Å². The van der Waals surface area contributed by atoms with Crippen LogP contribution in [-0.2, 0) is 27.9 Å². The van der Waals surface area contributed by atoms with Gasteiger partial charge in [0.2, 0.25) is 0 Å². The molecule has 1 N–H and O–H groups in total. The van der Waals surface area contributed by atoms with E-state index in [0.29, 0.717) is 38.9 Å². The summed E-state index contributed by atoms with van der Waals surface area (Å²) < 4.78 is 49.7. The van der Waals surface area contributed by atoms with Crippen LogP contribution in [0.25, 0.3) is 0 Å². The Labute approximate surface area is 121 Å². The van der Waals surface area contributed by atoms with Crippen molar-refractivity contribution < 1.29 is 26.2 Å². The zero-order valence-electron chi connectivity index (χ0n) is 12.2. The maximum absolute atomic E-state index is 12.3. The lowest BCUT2D eigenvalue weighted by Crippen LogP contribution is -2.35. The summed E-state index contributed by atoms with van der Waals surface area (Å²) in [7, 11) is -6.68. The molecule has 120 valence electrons. The smallest absolute Gasteiger partial charge is 0.297 e. The van der Waals surface area contributed by atoms with Gasteiger partial charge in [0.25, 0.3) is 10.1 Å². The van der Waals surface area contributed by atoms with Crippen molar-refractivity contribution in [1.29, 1.82) is 0 Å². The summed E-state index contributed by atoms with van der Waals surface area (Å²) in [5.74, 6) is 0. The summed E-state index contributed by atoms with van der Waals surface area (Å²) >= 11 is 0. The summed E-state index contributed by atoms with van der Waals surface area (Å²) in [5, 5.41) is 2.92. The van der Waals surface area contributed by atoms with E-state index in [4.69, 9.17) is 13.2 Å². The summed E-state index contributed by atoms with van der Waals surface area (Å²) in [5.41, 5.74) is 0. The van der Waals surface area contributed by atoms with Gasteiger partial charge >= 0.3 is 7.75 Å². The summed E-state index contributed by atoms with van der Waals surface area (Å²) in [6.45, 7) is 4.11. The lowest BCUT2D eigenvalue weighted by atomic mass is 9.94. The molecule has 0 radical (unpaired) electrons. The lowest BCUT2D eigenvalue weighted by molar-refractivity contribution is 0.145. The van der Waals surface area contributed by atoms with Gasteiger partial charge in [-0.25, -0.2) is 9.65 Å². The lowest BCUT2D eigenvalue weighted by Gasteiger charge is -2.30. The van der Waals surface area contributed by atoms with Crippen molar-refractivity contribution in [3.8, 4) is 0 Å². The minimum absolute atomic E-state index is 0.0154. The van der Waals surface area contributed by atoms with Crippen LogP contribution in [-0.4, -0.2) is 40.0 Å². The van der Waals surface area contributed by atoms with Gasteiger partial charge in [-0.05, 0) is 39.5 Å². The number of hydrogen-bond donors (Lipinski definition) is 1. The van der Waals surface area contributed by atoms with Crippen LogP contribution >= 0.6 is 7.75 Å². The van der Waals surface area contributed by atoms with E-state index < -0.39 is 17.9 Å². The van der Waals surface area contributed by atoms with E-state index in [1.165, 1.54) is 0 Å². The van der Waals surface area contributed by atoms with Gasteiger partial charge < -0.3 is 0 Å². The molecule has 9 heteroatoms. The first kappa shape index (κ1) is 18.1. The SMILES string of the molecule is CCOP(=O)(NC1CCC(OS(C)(=O)=O)CC1)OCC. The van der Waals surface area contributed by atoms with E-state index in [1.54, 1.807) is 13.8 Å². The van der Waals surface area contributed by atoms with Crippen LogP contribution in [0.3, 0.4) is 0 Å². The first-order chi connectivity index (χ1) is 9.28. The van der Waals surface area contributed by atoms with Gasteiger partial charge in [0.1, 0.15) is 0 Å². The van der Waals surface area contributed by atoms with Gasteiger partial charge in [0, 0.05) is 6.04 Å². The maximum Gasteiger partial charge on any atom is 0.405 e. The predicted octanol–water partition coefficient (Wildman–Crippen LogP) is 2.04. The van der Waals surface area contributed by atoms with Gasteiger partial charge in [-0.1, -0.05) is 0 Å². The topological polar surface area (TPSA) is 90.9 Å². The van der Waals surface area contributed by atoms with E-state index in [2.05, 4.69) is 5.09 Å². The van der Waals surface area contributed by atoms with Crippen molar-refractivity contribution in [2.45, 2.75) is 51.7 Å². The van der Waals surface area contributed by atoms with Gasteiger partial charge in [-0.15, -0.1) is 0 Å². The number of rotatable bonds is 8. The fourth-order valence-corrected chi connectivity index (χ4v) is 4.51. The molecule has 1 fully saturated rings. The number of hydrogen-bond acceptors (Lipinski definition) is 6. The highest BCUT2D eigenvalue weighted by atomic mass is 32.2. The Balaban J connectivity index is 2.46. The first-order valence-corrected chi connectivity index (χ1v) is 10.2. The molecule has 0 aromatic rings. The molecule has 1 aliphatic carbocycles. The Morgan fingerprint density at radius 2 is 1.60 bits per heavy atom. The minimum atomic E-state index is -3.42. The quantitative estimate of drug-likeness (QED) is 0.538. The Bertz CT molecular complexity index is 422. The van der Waals surface area contributed by atoms with E-state index >= 15 is 0 Å². The third-order valence-corrected chi connectivity index (χ3v) is 5.42. The van der Waals surface area contributed by atoms with Gasteiger partial charge in [-0.3, -0.25) is 13.2 Å². The van der Waals surface area contributed by atoms with Crippen molar-refractivity contribution in [3.05, 3.63) is 0 Å².